The molecular formula is C17H23N3O6. The number of nitrogens with zero attached hydrogens (tertiary/aromatic N) is 2. The second-order valence-corrected chi connectivity index (χ2v) is 6.90. The van der Waals surface area contributed by atoms with Crippen LogP contribution in [0.1, 0.15) is 31.1 Å². The molecule has 1 fully saturated rings. The molecule has 0 spiro atoms. The molecular weight excluding hydrogens is 342 g/mol. The average Bonchev–Trinajstić information content (AvgIpc) is 2.59. The maximum atomic E-state index is 12.6. The fourth-order valence-corrected chi connectivity index (χ4v) is 2.73. The van der Waals surface area contributed by atoms with Crippen molar-refractivity contribution in [1.82, 2.24) is 5.32 Å². The number of methoxy groups -OCH3 is 1. The number of non-ortho nitro benzene ring substituents is 1. The predicted octanol–water partition coefficient (Wildman–Crippen LogP) is 1.50. The number of nitro groups is 1. The minimum Gasteiger partial charge on any atom is -0.465 e. The molecule has 1 aliphatic heterocycles. The summed E-state index contributed by atoms with van der Waals surface area (Å²) >= 11 is 0. The zero-order valence-electron chi connectivity index (χ0n) is 15.3. The Bertz CT molecular complexity index is 713. The van der Waals surface area contributed by atoms with E-state index in [-0.39, 0.29) is 11.3 Å². The van der Waals surface area contributed by atoms with Crippen LogP contribution in [0.3, 0.4) is 0 Å². The Morgan fingerprint density at radius 2 is 2.04 bits per heavy atom. The van der Waals surface area contributed by atoms with Gasteiger partial charge in [-0.05, 0) is 26.8 Å². The monoisotopic (exact) mass is 365 g/mol. The Labute approximate surface area is 151 Å². The lowest BCUT2D eigenvalue weighted by atomic mass is 10.1. The van der Waals surface area contributed by atoms with Crippen LogP contribution >= 0.6 is 0 Å². The van der Waals surface area contributed by atoms with Gasteiger partial charge in [0.25, 0.3) is 5.69 Å². The maximum Gasteiger partial charge on any atom is 0.340 e. The standard InChI is InChI=1S/C17H23N3O6/c1-17(2,3)26-16(22)14-10-18-7-8-19(14)13-6-5-11(20(23)24)9-12(13)15(21)25-4/h5-6,9,14,18H,7-8,10H2,1-4H3/t14-/m0/s1. The number of nitro benzene ring substituents is 1. The first-order valence-corrected chi connectivity index (χ1v) is 8.21. The summed E-state index contributed by atoms with van der Waals surface area (Å²) in [5.41, 5.74) is -0.434. The normalized spacial score (nSPS) is 17.5. The number of hydrogen-bond acceptors (Lipinski definition) is 8. The second kappa shape index (κ2) is 7.69. The van der Waals surface area contributed by atoms with Crippen LogP contribution in [-0.4, -0.2) is 55.2 Å². The van der Waals surface area contributed by atoms with Gasteiger partial charge in [-0.3, -0.25) is 10.1 Å². The van der Waals surface area contributed by atoms with Gasteiger partial charge in [0.1, 0.15) is 11.6 Å². The van der Waals surface area contributed by atoms with Gasteiger partial charge in [-0.1, -0.05) is 0 Å². The van der Waals surface area contributed by atoms with Crippen LogP contribution in [0, 0.1) is 10.1 Å². The summed E-state index contributed by atoms with van der Waals surface area (Å²) in [6.07, 6.45) is 0. The fraction of sp³-hybridized carbons (Fsp3) is 0.529. The topological polar surface area (TPSA) is 111 Å². The SMILES string of the molecule is COC(=O)c1cc([N+](=O)[O-])ccc1N1CCNC[C@H]1C(=O)OC(C)(C)C. The number of hydrogen-bond donors (Lipinski definition) is 1. The van der Waals surface area contributed by atoms with E-state index in [4.69, 9.17) is 9.47 Å². The van der Waals surface area contributed by atoms with E-state index in [1.54, 1.807) is 25.7 Å². The first-order chi connectivity index (χ1) is 12.1. The van der Waals surface area contributed by atoms with Gasteiger partial charge in [-0.25, -0.2) is 9.59 Å². The largest absolute Gasteiger partial charge is 0.465 e. The third-order valence-corrected chi connectivity index (χ3v) is 3.83. The van der Waals surface area contributed by atoms with E-state index in [1.165, 1.54) is 19.2 Å². The van der Waals surface area contributed by atoms with Crippen LogP contribution in [0.4, 0.5) is 11.4 Å². The van der Waals surface area contributed by atoms with Crippen molar-refractivity contribution >= 4 is 23.3 Å². The van der Waals surface area contributed by atoms with Crippen LogP contribution in [0.15, 0.2) is 18.2 Å². The minimum atomic E-state index is -0.704. The first kappa shape index (κ1) is 19.6. The van der Waals surface area contributed by atoms with E-state index < -0.39 is 28.5 Å². The van der Waals surface area contributed by atoms with Gasteiger partial charge in [-0.2, -0.15) is 0 Å². The van der Waals surface area contributed by atoms with Crippen LogP contribution in [0.2, 0.25) is 0 Å². The molecule has 1 N–H and O–H groups in total. The molecule has 9 heteroatoms. The highest BCUT2D eigenvalue weighted by Gasteiger charge is 2.35. The molecule has 1 heterocycles. The molecule has 0 amide bonds. The summed E-state index contributed by atoms with van der Waals surface area (Å²) in [5, 5.41) is 14.2. The molecule has 1 saturated heterocycles. The van der Waals surface area contributed by atoms with Gasteiger partial charge in [0.05, 0.1) is 23.3 Å². The number of ether oxygens (including phenoxy) is 2. The Balaban J connectivity index is 2.44. The van der Waals surface area contributed by atoms with E-state index in [0.29, 0.717) is 25.3 Å². The number of nitrogens with one attached hydrogen (secondary N) is 1. The van der Waals surface area contributed by atoms with Gasteiger partial charge in [0.2, 0.25) is 0 Å². The highest BCUT2D eigenvalue weighted by Crippen LogP contribution is 2.29. The Kier molecular flexibility index (Phi) is 5.81. The van der Waals surface area contributed by atoms with Gasteiger partial charge in [-0.15, -0.1) is 0 Å². The van der Waals surface area contributed by atoms with E-state index in [1.807, 2.05) is 0 Å². The zero-order valence-corrected chi connectivity index (χ0v) is 15.3. The predicted molar refractivity (Wildman–Crippen MR) is 94.3 cm³/mol. The second-order valence-electron chi connectivity index (χ2n) is 6.90. The highest BCUT2D eigenvalue weighted by atomic mass is 16.6. The van der Waals surface area contributed by atoms with Crippen molar-refractivity contribution in [2.75, 3.05) is 31.6 Å². The molecule has 1 aliphatic rings. The molecule has 0 saturated carbocycles. The van der Waals surface area contributed by atoms with Gasteiger partial charge >= 0.3 is 11.9 Å². The molecule has 0 aromatic heterocycles. The number of carbonyl (C=O) groups is 2. The molecule has 1 aromatic carbocycles. The smallest absolute Gasteiger partial charge is 0.340 e. The number of piperazine rings is 1. The summed E-state index contributed by atoms with van der Waals surface area (Å²) in [6, 6.07) is 3.27. The quantitative estimate of drug-likeness (QED) is 0.485. The van der Waals surface area contributed by atoms with E-state index in [9.17, 15) is 19.7 Å². The molecule has 0 aliphatic carbocycles. The molecule has 142 valence electrons. The summed E-state index contributed by atoms with van der Waals surface area (Å²) in [5.74, 6) is -1.14. The van der Waals surface area contributed by atoms with Gasteiger partial charge < -0.3 is 19.7 Å². The summed E-state index contributed by atoms with van der Waals surface area (Å²) in [4.78, 5) is 36.9. The van der Waals surface area contributed by atoms with Crippen molar-refractivity contribution in [3.8, 4) is 0 Å². The molecule has 26 heavy (non-hydrogen) atoms. The molecule has 2 rings (SSSR count). The summed E-state index contributed by atoms with van der Waals surface area (Å²) in [6.45, 7) is 6.70. The third-order valence-electron chi connectivity index (χ3n) is 3.83. The number of carbonyl (C=O) groups excluding carboxylic acids is 2. The lowest BCUT2D eigenvalue weighted by molar-refractivity contribution is -0.384. The first-order valence-electron chi connectivity index (χ1n) is 8.21. The van der Waals surface area contributed by atoms with Crippen molar-refractivity contribution in [3.05, 3.63) is 33.9 Å². The lowest BCUT2D eigenvalue weighted by Crippen LogP contribution is -2.56. The van der Waals surface area contributed by atoms with E-state index in [2.05, 4.69) is 5.32 Å². The molecule has 1 aromatic rings. The Morgan fingerprint density at radius 3 is 2.62 bits per heavy atom. The molecule has 9 nitrogen and oxygen atoms in total. The number of anilines is 1. The average molecular weight is 365 g/mol. The van der Waals surface area contributed by atoms with Crippen molar-refractivity contribution < 1.29 is 24.0 Å². The van der Waals surface area contributed by atoms with Crippen LogP contribution < -0.4 is 10.2 Å². The fourth-order valence-electron chi connectivity index (χ4n) is 2.73. The summed E-state index contributed by atoms with van der Waals surface area (Å²) < 4.78 is 10.2. The van der Waals surface area contributed by atoms with Gasteiger partial charge in [0, 0.05) is 31.8 Å². The van der Waals surface area contributed by atoms with Crippen LogP contribution in [0.25, 0.3) is 0 Å². The Morgan fingerprint density at radius 1 is 1.35 bits per heavy atom. The zero-order chi connectivity index (χ0) is 19.5. The van der Waals surface area contributed by atoms with E-state index in [0.717, 1.165) is 6.07 Å². The lowest BCUT2D eigenvalue weighted by Gasteiger charge is -2.38. The van der Waals surface area contributed by atoms with Crippen LogP contribution in [-0.2, 0) is 14.3 Å². The van der Waals surface area contributed by atoms with Crippen molar-refractivity contribution in [2.45, 2.75) is 32.4 Å². The third kappa shape index (κ3) is 4.48. The minimum absolute atomic E-state index is 0.0390. The van der Waals surface area contributed by atoms with Crippen molar-refractivity contribution in [2.24, 2.45) is 0 Å². The van der Waals surface area contributed by atoms with Crippen molar-refractivity contribution in [1.29, 1.82) is 0 Å². The molecule has 1 atom stereocenters. The summed E-state index contributed by atoms with van der Waals surface area (Å²) in [7, 11) is 1.20. The molecule has 0 unspecified atom stereocenters. The number of benzene rings is 1. The number of esters is 2. The van der Waals surface area contributed by atoms with E-state index >= 15 is 0 Å². The van der Waals surface area contributed by atoms with Crippen LogP contribution in [0.5, 0.6) is 0 Å². The van der Waals surface area contributed by atoms with Crippen molar-refractivity contribution in [3.63, 3.8) is 0 Å². The molecule has 0 bridgehead atoms. The van der Waals surface area contributed by atoms with Gasteiger partial charge in [0.15, 0.2) is 0 Å². The Hall–Kier alpha value is -2.68. The highest BCUT2D eigenvalue weighted by molar-refractivity contribution is 5.97. The number of rotatable bonds is 4. The maximum absolute atomic E-state index is 12.6. The molecule has 0 radical (unpaired) electrons.